The molecule has 28 heavy (non-hydrogen) atoms. The van der Waals surface area contributed by atoms with Crippen molar-refractivity contribution in [2.45, 2.75) is 19.0 Å². The van der Waals surface area contributed by atoms with Crippen molar-refractivity contribution in [3.63, 3.8) is 0 Å². The molecule has 8 heteroatoms. The van der Waals surface area contributed by atoms with E-state index >= 15 is 0 Å². The molecule has 1 atom stereocenters. The van der Waals surface area contributed by atoms with Gasteiger partial charge >= 0.3 is 0 Å². The van der Waals surface area contributed by atoms with E-state index in [0.717, 1.165) is 36.2 Å². The zero-order valence-corrected chi connectivity index (χ0v) is 15.5. The van der Waals surface area contributed by atoms with E-state index < -0.39 is 17.9 Å². The van der Waals surface area contributed by atoms with Crippen molar-refractivity contribution < 1.29 is 19.9 Å². The van der Waals surface area contributed by atoms with Crippen LogP contribution in [0.5, 0.6) is 0 Å². The number of aliphatic hydroxyl groups excluding tert-OH is 1. The molecule has 2 rings (SSSR count). The van der Waals surface area contributed by atoms with Gasteiger partial charge in [-0.3, -0.25) is 14.8 Å². The third kappa shape index (κ3) is 6.14. The fourth-order valence-corrected chi connectivity index (χ4v) is 2.62. The Morgan fingerprint density at radius 1 is 1.00 bits per heavy atom. The van der Waals surface area contributed by atoms with Gasteiger partial charge in [-0.2, -0.15) is 0 Å². The van der Waals surface area contributed by atoms with Crippen LogP contribution in [0.2, 0.25) is 0 Å². The van der Waals surface area contributed by atoms with Gasteiger partial charge in [-0.25, -0.2) is 5.48 Å². The molecule has 0 aliphatic carbocycles. The zero-order valence-electron chi connectivity index (χ0n) is 15.5. The number of benzene rings is 2. The first-order valence-corrected chi connectivity index (χ1v) is 9.05. The van der Waals surface area contributed by atoms with Crippen LogP contribution in [0.3, 0.4) is 0 Å². The topological polar surface area (TPSA) is 137 Å². The maximum atomic E-state index is 12.2. The van der Waals surface area contributed by atoms with Gasteiger partial charge in [0.2, 0.25) is 0 Å². The maximum absolute atomic E-state index is 12.2. The Morgan fingerprint density at radius 3 is 2.14 bits per heavy atom. The number of nitrogens with one attached hydrogen (secondary N) is 3. The summed E-state index contributed by atoms with van der Waals surface area (Å²) < 4.78 is 0. The maximum Gasteiger partial charge on any atom is 0.267 e. The van der Waals surface area contributed by atoms with Gasteiger partial charge in [0, 0.05) is 25.3 Å². The number of hydrogen-bond acceptors (Lipinski definition) is 6. The average molecular weight is 386 g/mol. The fourth-order valence-electron chi connectivity index (χ4n) is 2.62. The van der Waals surface area contributed by atoms with Crippen molar-refractivity contribution in [1.82, 2.24) is 16.1 Å². The van der Waals surface area contributed by atoms with Crippen LogP contribution in [0, 0.1) is 0 Å². The van der Waals surface area contributed by atoms with Gasteiger partial charge < -0.3 is 21.5 Å². The van der Waals surface area contributed by atoms with Gasteiger partial charge in [-0.1, -0.05) is 36.4 Å². The Morgan fingerprint density at radius 2 is 1.61 bits per heavy atom. The molecule has 0 aliphatic rings. The SMILES string of the molecule is NC[C@H](NC(=O)c1ccc(-c2ccc(CNCCCO)cc2)cc1)C(=O)NO. The van der Waals surface area contributed by atoms with Crippen molar-refractivity contribution in [3.05, 3.63) is 59.7 Å². The quantitative estimate of drug-likeness (QED) is 0.199. The van der Waals surface area contributed by atoms with Gasteiger partial charge in [-0.15, -0.1) is 0 Å². The summed E-state index contributed by atoms with van der Waals surface area (Å²) in [5.41, 5.74) is 10.4. The molecule has 0 aromatic heterocycles. The molecule has 0 bridgehead atoms. The summed E-state index contributed by atoms with van der Waals surface area (Å²) in [4.78, 5) is 23.6. The first kappa shape index (κ1) is 21.5. The summed E-state index contributed by atoms with van der Waals surface area (Å²) in [6.07, 6.45) is 0.731. The normalized spacial score (nSPS) is 11.7. The third-order valence-electron chi connectivity index (χ3n) is 4.24. The van der Waals surface area contributed by atoms with Crippen LogP contribution >= 0.6 is 0 Å². The molecule has 2 aromatic carbocycles. The summed E-state index contributed by atoms with van der Waals surface area (Å²) in [7, 11) is 0. The van der Waals surface area contributed by atoms with Crippen LogP contribution in [0.25, 0.3) is 11.1 Å². The predicted octanol–water partition coefficient (Wildman–Crippen LogP) is 0.388. The minimum Gasteiger partial charge on any atom is -0.396 e. The number of hydroxylamine groups is 1. The number of hydrogen-bond donors (Lipinski definition) is 6. The number of nitrogens with two attached hydrogens (primary N) is 1. The van der Waals surface area contributed by atoms with E-state index in [9.17, 15) is 9.59 Å². The van der Waals surface area contributed by atoms with Crippen molar-refractivity contribution >= 4 is 11.8 Å². The van der Waals surface area contributed by atoms with Crippen molar-refractivity contribution in [2.75, 3.05) is 19.7 Å². The van der Waals surface area contributed by atoms with E-state index in [-0.39, 0.29) is 13.2 Å². The Kier molecular flexibility index (Phi) is 8.57. The number of amides is 2. The predicted molar refractivity (Wildman–Crippen MR) is 106 cm³/mol. The molecule has 0 spiro atoms. The highest BCUT2D eigenvalue weighted by Gasteiger charge is 2.19. The number of carbonyl (C=O) groups excluding carboxylic acids is 2. The van der Waals surface area contributed by atoms with E-state index in [1.807, 2.05) is 36.4 Å². The second-order valence-electron chi connectivity index (χ2n) is 6.27. The van der Waals surface area contributed by atoms with Gasteiger partial charge in [0.25, 0.3) is 11.8 Å². The Labute approximate surface area is 163 Å². The first-order valence-electron chi connectivity index (χ1n) is 9.05. The van der Waals surface area contributed by atoms with Crippen LogP contribution in [-0.2, 0) is 11.3 Å². The second kappa shape index (κ2) is 11.2. The molecule has 0 saturated heterocycles. The molecule has 8 nitrogen and oxygen atoms in total. The van der Waals surface area contributed by atoms with E-state index in [4.69, 9.17) is 16.0 Å². The largest absolute Gasteiger partial charge is 0.396 e. The fraction of sp³-hybridized carbons (Fsp3) is 0.300. The summed E-state index contributed by atoms with van der Waals surface area (Å²) >= 11 is 0. The second-order valence-corrected chi connectivity index (χ2v) is 6.27. The molecule has 0 fully saturated rings. The average Bonchev–Trinajstić information content (AvgIpc) is 2.75. The molecule has 0 heterocycles. The standard InChI is InChI=1S/C20H26N4O4/c21-12-18(20(27)24-28)23-19(26)17-8-6-16(7-9-17)15-4-2-14(3-5-15)13-22-10-1-11-25/h2-9,18,22,25,28H,1,10-13,21H2,(H,23,26)(H,24,27)/t18-/m0/s1. The highest BCUT2D eigenvalue weighted by molar-refractivity contribution is 5.97. The monoisotopic (exact) mass is 386 g/mol. The molecule has 0 saturated carbocycles. The number of rotatable bonds is 10. The molecule has 2 aromatic rings. The molecular weight excluding hydrogens is 360 g/mol. The van der Waals surface area contributed by atoms with Gasteiger partial charge in [0.1, 0.15) is 6.04 Å². The summed E-state index contributed by atoms with van der Waals surface area (Å²) in [5.74, 6) is -1.21. The first-order chi connectivity index (χ1) is 13.6. The molecule has 7 N–H and O–H groups in total. The lowest BCUT2D eigenvalue weighted by atomic mass is 10.0. The van der Waals surface area contributed by atoms with Gasteiger partial charge in [-0.05, 0) is 41.8 Å². The molecule has 2 amide bonds. The van der Waals surface area contributed by atoms with E-state index in [1.54, 1.807) is 12.1 Å². The number of aliphatic hydroxyl groups is 1. The Bertz CT molecular complexity index is 763. The summed E-state index contributed by atoms with van der Waals surface area (Å²) in [6.45, 7) is 1.56. The lowest BCUT2D eigenvalue weighted by molar-refractivity contribution is -0.130. The van der Waals surface area contributed by atoms with Gasteiger partial charge in [0.15, 0.2) is 0 Å². The van der Waals surface area contributed by atoms with Crippen molar-refractivity contribution in [3.8, 4) is 11.1 Å². The Balaban J connectivity index is 1.98. The minimum absolute atomic E-state index is 0.128. The lowest BCUT2D eigenvalue weighted by Crippen LogP contribution is -2.50. The van der Waals surface area contributed by atoms with Crippen LogP contribution in [0.1, 0.15) is 22.3 Å². The summed E-state index contributed by atoms with van der Waals surface area (Å²) in [5, 5.41) is 23.2. The van der Waals surface area contributed by atoms with Crippen LogP contribution in [-0.4, -0.2) is 47.9 Å². The molecule has 0 radical (unpaired) electrons. The van der Waals surface area contributed by atoms with E-state index in [1.165, 1.54) is 5.48 Å². The van der Waals surface area contributed by atoms with Crippen LogP contribution in [0.4, 0.5) is 0 Å². The van der Waals surface area contributed by atoms with Crippen molar-refractivity contribution in [2.24, 2.45) is 5.73 Å². The minimum atomic E-state index is -1.00. The smallest absolute Gasteiger partial charge is 0.267 e. The van der Waals surface area contributed by atoms with Crippen LogP contribution in [0.15, 0.2) is 48.5 Å². The zero-order chi connectivity index (χ0) is 20.4. The highest BCUT2D eigenvalue weighted by atomic mass is 16.5. The molecule has 0 unspecified atom stereocenters. The summed E-state index contributed by atoms with van der Waals surface area (Å²) in [6, 6.07) is 14.1. The molecular formula is C20H26N4O4. The highest BCUT2D eigenvalue weighted by Crippen LogP contribution is 2.20. The molecule has 0 aliphatic heterocycles. The van der Waals surface area contributed by atoms with E-state index in [2.05, 4.69) is 10.6 Å². The molecule has 150 valence electrons. The number of carbonyl (C=O) groups is 2. The van der Waals surface area contributed by atoms with E-state index in [0.29, 0.717) is 5.56 Å². The Hall–Kier alpha value is -2.78. The van der Waals surface area contributed by atoms with Crippen molar-refractivity contribution in [1.29, 1.82) is 0 Å². The van der Waals surface area contributed by atoms with Gasteiger partial charge in [0.05, 0.1) is 0 Å². The van der Waals surface area contributed by atoms with Crippen LogP contribution < -0.4 is 21.8 Å². The lowest BCUT2D eigenvalue weighted by Gasteiger charge is -2.14. The third-order valence-corrected chi connectivity index (χ3v) is 4.24.